The Bertz CT molecular complexity index is 300. The van der Waals surface area contributed by atoms with E-state index in [-0.39, 0.29) is 6.61 Å². The number of hydrogen-bond acceptors (Lipinski definition) is 3. The minimum atomic E-state index is 0.257. The number of nitrogens with two attached hydrogens (primary N) is 1. The van der Waals surface area contributed by atoms with Crippen molar-refractivity contribution in [1.82, 2.24) is 0 Å². The fraction of sp³-hybridized carbons (Fsp3) is 0.500. The van der Waals surface area contributed by atoms with Gasteiger partial charge in [-0.2, -0.15) is 0 Å². The van der Waals surface area contributed by atoms with Gasteiger partial charge in [-0.1, -0.05) is 6.07 Å². The SMILES string of the molecule is Cc1ccc(N)c(OCCCCCO)c1. The highest BCUT2D eigenvalue weighted by Gasteiger charge is 1.99. The van der Waals surface area contributed by atoms with E-state index in [0.29, 0.717) is 12.3 Å². The molecule has 84 valence electrons. The second-order valence-electron chi connectivity index (χ2n) is 3.67. The third-order valence-corrected chi connectivity index (χ3v) is 2.23. The number of ether oxygens (including phenoxy) is 1. The molecule has 0 aliphatic carbocycles. The Labute approximate surface area is 90.9 Å². The highest BCUT2D eigenvalue weighted by Crippen LogP contribution is 2.22. The van der Waals surface area contributed by atoms with Gasteiger partial charge in [-0.15, -0.1) is 0 Å². The first-order valence-corrected chi connectivity index (χ1v) is 5.34. The summed E-state index contributed by atoms with van der Waals surface area (Å²) in [5.41, 5.74) is 7.60. The first kappa shape index (κ1) is 11.9. The molecule has 0 unspecified atom stereocenters. The normalized spacial score (nSPS) is 10.3. The van der Waals surface area contributed by atoms with Gasteiger partial charge in [-0.05, 0) is 43.9 Å². The minimum absolute atomic E-state index is 0.257. The molecule has 15 heavy (non-hydrogen) atoms. The molecule has 1 aromatic carbocycles. The zero-order valence-corrected chi connectivity index (χ0v) is 9.20. The van der Waals surface area contributed by atoms with Crippen LogP contribution in [0.25, 0.3) is 0 Å². The summed E-state index contributed by atoms with van der Waals surface area (Å²) < 4.78 is 5.56. The Morgan fingerprint density at radius 1 is 1.27 bits per heavy atom. The summed E-state index contributed by atoms with van der Waals surface area (Å²) in [5, 5.41) is 8.60. The van der Waals surface area contributed by atoms with Crippen LogP contribution in [0.5, 0.6) is 5.75 Å². The number of aliphatic hydroxyl groups excluding tert-OH is 1. The number of benzene rings is 1. The molecule has 0 saturated carbocycles. The minimum Gasteiger partial charge on any atom is -0.491 e. The van der Waals surface area contributed by atoms with Crippen molar-refractivity contribution in [1.29, 1.82) is 0 Å². The molecule has 0 amide bonds. The number of anilines is 1. The summed E-state index contributed by atoms with van der Waals surface area (Å²) in [7, 11) is 0. The van der Waals surface area contributed by atoms with Crippen LogP contribution in [0.1, 0.15) is 24.8 Å². The van der Waals surface area contributed by atoms with E-state index in [0.717, 1.165) is 30.6 Å². The average Bonchev–Trinajstić information content (AvgIpc) is 2.23. The molecular weight excluding hydrogens is 190 g/mol. The van der Waals surface area contributed by atoms with Crippen LogP contribution < -0.4 is 10.5 Å². The lowest BCUT2D eigenvalue weighted by atomic mass is 10.2. The lowest BCUT2D eigenvalue weighted by molar-refractivity contribution is 0.266. The van der Waals surface area contributed by atoms with Gasteiger partial charge in [0.2, 0.25) is 0 Å². The molecule has 3 nitrogen and oxygen atoms in total. The smallest absolute Gasteiger partial charge is 0.142 e. The maximum atomic E-state index is 8.60. The zero-order valence-electron chi connectivity index (χ0n) is 9.20. The average molecular weight is 209 g/mol. The van der Waals surface area contributed by atoms with E-state index >= 15 is 0 Å². The molecule has 0 aliphatic rings. The summed E-state index contributed by atoms with van der Waals surface area (Å²) >= 11 is 0. The molecule has 1 aromatic rings. The van der Waals surface area contributed by atoms with Crippen LogP contribution in [0.3, 0.4) is 0 Å². The number of rotatable bonds is 6. The highest BCUT2D eigenvalue weighted by molar-refractivity contribution is 5.53. The Balaban J connectivity index is 2.33. The van der Waals surface area contributed by atoms with Crippen molar-refractivity contribution < 1.29 is 9.84 Å². The molecule has 0 bridgehead atoms. The molecule has 0 atom stereocenters. The van der Waals surface area contributed by atoms with Gasteiger partial charge in [-0.3, -0.25) is 0 Å². The van der Waals surface area contributed by atoms with Crippen LogP contribution in [-0.4, -0.2) is 18.3 Å². The quantitative estimate of drug-likeness (QED) is 0.557. The lowest BCUT2D eigenvalue weighted by Crippen LogP contribution is -2.01. The second kappa shape index (κ2) is 6.30. The van der Waals surface area contributed by atoms with E-state index < -0.39 is 0 Å². The van der Waals surface area contributed by atoms with Crippen LogP contribution in [0.2, 0.25) is 0 Å². The van der Waals surface area contributed by atoms with Gasteiger partial charge in [0.05, 0.1) is 12.3 Å². The summed E-state index contributed by atoms with van der Waals surface area (Å²) in [6.07, 6.45) is 2.78. The van der Waals surface area contributed by atoms with Crippen LogP contribution in [-0.2, 0) is 0 Å². The fourth-order valence-electron chi connectivity index (χ4n) is 1.34. The first-order chi connectivity index (χ1) is 7.24. The monoisotopic (exact) mass is 209 g/mol. The van der Waals surface area contributed by atoms with Crippen molar-refractivity contribution in [2.75, 3.05) is 18.9 Å². The van der Waals surface area contributed by atoms with Gasteiger partial charge in [-0.25, -0.2) is 0 Å². The third-order valence-electron chi connectivity index (χ3n) is 2.23. The van der Waals surface area contributed by atoms with Gasteiger partial charge < -0.3 is 15.6 Å². The lowest BCUT2D eigenvalue weighted by Gasteiger charge is -2.09. The number of unbranched alkanes of at least 4 members (excludes halogenated alkanes) is 2. The van der Waals surface area contributed by atoms with Crippen molar-refractivity contribution >= 4 is 5.69 Å². The van der Waals surface area contributed by atoms with E-state index in [9.17, 15) is 0 Å². The highest BCUT2D eigenvalue weighted by atomic mass is 16.5. The maximum absolute atomic E-state index is 8.60. The molecule has 0 spiro atoms. The molecule has 3 N–H and O–H groups in total. The molecular formula is C12H19NO2. The first-order valence-electron chi connectivity index (χ1n) is 5.34. The summed E-state index contributed by atoms with van der Waals surface area (Å²) in [5.74, 6) is 0.763. The molecule has 1 rings (SSSR count). The van der Waals surface area contributed by atoms with Gasteiger partial charge in [0.25, 0.3) is 0 Å². The summed E-state index contributed by atoms with van der Waals surface area (Å²) in [4.78, 5) is 0. The van der Waals surface area contributed by atoms with Crippen LogP contribution in [0.4, 0.5) is 5.69 Å². The summed E-state index contributed by atoms with van der Waals surface area (Å²) in [6, 6.07) is 5.77. The van der Waals surface area contributed by atoms with Gasteiger partial charge >= 0.3 is 0 Å². The topological polar surface area (TPSA) is 55.5 Å². The van der Waals surface area contributed by atoms with Gasteiger partial charge in [0, 0.05) is 6.61 Å². The predicted octanol–water partition coefficient (Wildman–Crippen LogP) is 2.12. The van der Waals surface area contributed by atoms with Crippen LogP contribution in [0, 0.1) is 6.92 Å². The third kappa shape index (κ3) is 4.21. The van der Waals surface area contributed by atoms with Crippen molar-refractivity contribution in [2.24, 2.45) is 0 Å². The predicted molar refractivity (Wildman–Crippen MR) is 62.0 cm³/mol. The van der Waals surface area contributed by atoms with Gasteiger partial charge in [0.1, 0.15) is 5.75 Å². The molecule has 0 heterocycles. The molecule has 0 fully saturated rings. The van der Waals surface area contributed by atoms with E-state index in [1.165, 1.54) is 0 Å². The van der Waals surface area contributed by atoms with Gasteiger partial charge in [0.15, 0.2) is 0 Å². The van der Waals surface area contributed by atoms with Crippen molar-refractivity contribution in [3.8, 4) is 5.75 Å². The Morgan fingerprint density at radius 2 is 2.07 bits per heavy atom. The fourth-order valence-corrected chi connectivity index (χ4v) is 1.34. The Morgan fingerprint density at radius 3 is 2.80 bits per heavy atom. The van der Waals surface area contributed by atoms with E-state index in [4.69, 9.17) is 15.6 Å². The molecule has 0 saturated heterocycles. The maximum Gasteiger partial charge on any atom is 0.142 e. The number of aliphatic hydroxyl groups is 1. The van der Waals surface area contributed by atoms with Crippen molar-refractivity contribution in [3.63, 3.8) is 0 Å². The van der Waals surface area contributed by atoms with Crippen molar-refractivity contribution in [2.45, 2.75) is 26.2 Å². The van der Waals surface area contributed by atoms with E-state index in [1.54, 1.807) is 0 Å². The molecule has 0 aromatic heterocycles. The molecule has 0 aliphatic heterocycles. The molecule has 3 heteroatoms. The Kier molecular flexibility index (Phi) is 4.98. The Hall–Kier alpha value is -1.22. The number of aryl methyl sites for hydroxylation is 1. The summed E-state index contributed by atoms with van der Waals surface area (Å²) in [6.45, 7) is 2.93. The number of hydrogen-bond donors (Lipinski definition) is 2. The number of nitrogen functional groups attached to an aromatic ring is 1. The second-order valence-corrected chi connectivity index (χ2v) is 3.67. The van der Waals surface area contributed by atoms with E-state index in [1.807, 2.05) is 25.1 Å². The molecule has 0 radical (unpaired) electrons. The van der Waals surface area contributed by atoms with Crippen LogP contribution >= 0.6 is 0 Å². The zero-order chi connectivity index (χ0) is 11.1. The van der Waals surface area contributed by atoms with Crippen LogP contribution in [0.15, 0.2) is 18.2 Å². The van der Waals surface area contributed by atoms with Crippen molar-refractivity contribution in [3.05, 3.63) is 23.8 Å². The standard InChI is InChI=1S/C12H19NO2/c1-10-5-6-11(13)12(9-10)15-8-4-2-3-7-14/h5-6,9,14H,2-4,7-8,13H2,1H3. The largest absolute Gasteiger partial charge is 0.491 e. The van der Waals surface area contributed by atoms with E-state index in [2.05, 4.69) is 0 Å².